The van der Waals surface area contributed by atoms with Gasteiger partial charge in [-0.15, -0.1) is 0 Å². The Bertz CT molecular complexity index is 669. The summed E-state index contributed by atoms with van der Waals surface area (Å²) in [4.78, 5) is 3.23. The number of anilines is 1. The first kappa shape index (κ1) is 9.77. The van der Waals surface area contributed by atoms with E-state index in [2.05, 4.69) is 10.1 Å². The fourth-order valence-electron chi connectivity index (χ4n) is 1.78. The lowest BCUT2D eigenvalue weighted by Gasteiger charge is -1.97. The highest BCUT2D eigenvalue weighted by Crippen LogP contribution is 2.27. The maximum Gasteiger partial charge on any atom is 0.185 e. The smallest absolute Gasteiger partial charge is 0.185 e. The zero-order valence-corrected chi connectivity index (χ0v) is 9.23. The fourth-order valence-corrected chi connectivity index (χ4v) is 1.78. The molecular formula is C12H11N3O2. The third-order valence-corrected chi connectivity index (χ3v) is 2.62. The molecule has 2 aromatic heterocycles. The van der Waals surface area contributed by atoms with Gasteiger partial charge in [-0.05, 0) is 18.2 Å². The van der Waals surface area contributed by atoms with Crippen LogP contribution in [-0.4, -0.2) is 17.3 Å². The lowest BCUT2D eigenvalue weighted by molar-refractivity contribution is 0.415. The molecule has 3 aromatic rings. The van der Waals surface area contributed by atoms with Crippen molar-refractivity contribution in [2.24, 2.45) is 0 Å². The lowest BCUT2D eigenvalue weighted by atomic mass is 10.2. The van der Waals surface area contributed by atoms with Crippen molar-refractivity contribution in [3.63, 3.8) is 0 Å². The van der Waals surface area contributed by atoms with Crippen LogP contribution in [0.3, 0.4) is 0 Å². The Kier molecular flexibility index (Phi) is 2.04. The summed E-state index contributed by atoms with van der Waals surface area (Å²) in [7, 11) is 1.64. The van der Waals surface area contributed by atoms with Crippen molar-refractivity contribution in [1.82, 2.24) is 10.1 Å². The van der Waals surface area contributed by atoms with Gasteiger partial charge in [0.15, 0.2) is 11.6 Å². The van der Waals surface area contributed by atoms with Gasteiger partial charge in [-0.25, -0.2) is 0 Å². The second kappa shape index (κ2) is 3.55. The number of benzene rings is 1. The van der Waals surface area contributed by atoms with Gasteiger partial charge in [0, 0.05) is 23.0 Å². The Morgan fingerprint density at radius 3 is 2.88 bits per heavy atom. The van der Waals surface area contributed by atoms with Crippen molar-refractivity contribution in [3.05, 3.63) is 30.3 Å². The molecule has 17 heavy (non-hydrogen) atoms. The van der Waals surface area contributed by atoms with E-state index in [9.17, 15) is 0 Å². The van der Waals surface area contributed by atoms with E-state index in [1.807, 2.05) is 24.3 Å². The molecule has 86 valence electrons. The maximum atomic E-state index is 5.52. The number of nitrogen functional groups attached to an aromatic ring is 1. The van der Waals surface area contributed by atoms with Gasteiger partial charge in [0.25, 0.3) is 0 Å². The number of H-pyrrole nitrogens is 1. The molecular weight excluding hydrogens is 218 g/mol. The highest BCUT2D eigenvalue weighted by Gasteiger charge is 2.08. The van der Waals surface area contributed by atoms with Crippen LogP contribution in [0.4, 0.5) is 5.82 Å². The molecule has 1 aromatic carbocycles. The molecule has 5 nitrogen and oxygen atoms in total. The van der Waals surface area contributed by atoms with E-state index in [1.54, 1.807) is 13.2 Å². The molecule has 3 N–H and O–H groups in total. The molecule has 0 amide bonds. The summed E-state index contributed by atoms with van der Waals surface area (Å²) in [6.45, 7) is 0. The largest absolute Gasteiger partial charge is 0.497 e. The van der Waals surface area contributed by atoms with Crippen molar-refractivity contribution in [3.8, 4) is 17.2 Å². The van der Waals surface area contributed by atoms with Crippen LogP contribution in [0.1, 0.15) is 0 Å². The van der Waals surface area contributed by atoms with Gasteiger partial charge in [-0.1, -0.05) is 5.16 Å². The third kappa shape index (κ3) is 1.61. The first-order valence-corrected chi connectivity index (χ1v) is 5.15. The van der Waals surface area contributed by atoms with E-state index in [-0.39, 0.29) is 0 Å². The van der Waals surface area contributed by atoms with Crippen LogP contribution in [0.25, 0.3) is 22.4 Å². The standard InChI is InChI=1S/C12H11N3O2/c1-16-8-3-2-7-4-10(14-9(7)5-8)11-6-12(13)15-17-11/h2-6,14H,1H3,(H2,13,15). The molecule has 2 heterocycles. The van der Waals surface area contributed by atoms with Crippen LogP contribution in [0.2, 0.25) is 0 Å². The molecule has 0 unspecified atom stereocenters. The molecule has 0 spiro atoms. The number of nitrogens with two attached hydrogens (primary N) is 1. The summed E-state index contributed by atoms with van der Waals surface area (Å²) in [5, 5.41) is 4.73. The summed E-state index contributed by atoms with van der Waals surface area (Å²) in [6, 6.07) is 9.48. The second-order valence-corrected chi connectivity index (χ2v) is 3.75. The van der Waals surface area contributed by atoms with E-state index in [1.165, 1.54) is 0 Å². The van der Waals surface area contributed by atoms with Crippen LogP contribution in [0.5, 0.6) is 5.75 Å². The molecule has 5 heteroatoms. The summed E-state index contributed by atoms with van der Waals surface area (Å²) in [5.74, 6) is 1.80. The highest BCUT2D eigenvalue weighted by atomic mass is 16.5. The molecule has 0 aliphatic carbocycles. The van der Waals surface area contributed by atoms with Crippen LogP contribution in [0, 0.1) is 0 Å². The highest BCUT2D eigenvalue weighted by molar-refractivity contribution is 5.86. The minimum atomic E-state index is 0.372. The van der Waals surface area contributed by atoms with Gasteiger partial charge >= 0.3 is 0 Å². The van der Waals surface area contributed by atoms with Crippen molar-refractivity contribution < 1.29 is 9.26 Å². The van der Waals surface area contributed by atoms with E-state index in [4.69, 9.17) is 15.0 Å². The molecule has 0 bridgehead atoms. The van der Waals surface area contributed by atoms with Crippen molar-refractivity contribution in [1.29, 1.82) is 0 Å². The maximum absolute atomic E-state index is 5.52. The number of hydrogen-bond acceptors (Lipinski definition) is 4. The normalized spacial score (nSPS) is 10.9. The molecule has 3 rings (SSSR count). The van der Waals surface area contributed by atoms with Gasteiger partial charge in [0.2, 0.25) is 0 Å². The summed E-state index contributed by atoms with van der Waals surface area (Å²) < 4.78 is 10.3. The van der Waals surface area contributed by atoms with E-state index in [0.717, 1.165) is 22.3 Å². The van der Waals surface area contributed by atoms with Crippen LogP contribution in [0.15, 0.2) is 34.9 Å². The van der Waals surface area contributed by atoms with Crippen molar-refractivity contribution in [2.75, 3.05) is 12.8 Å². The number of fused-ring (bicyclic) bond motifs is 1. The van der Waals surface area contributed by atoms with Crippen molar-refractivity contribution >= 4 is 16.7 Å². The number of aromatic nitrogens is 2. The number of methoxy groups -OCH3 is 1. The van der Waals surface area contributed by atoms with E-state index in [0.29, 0.717) is 11.6 Å². The molecule has 0 saturated carbocycles. The molecule has 0 fully saturated rings. The first-order valence-electron chi connectivity index (χ1n) is 5.15. The zero-order chi connectivity index (χ0) is 11.8. The Balaban J connectivity index is 2.13. The molecule has 0 aliphatic heterocycles. The quantitative estimate of drug-likeness (QED) is 0.707. The van der Waals surface area contributed by atoms with Crippen molar-refractivity contribution in [2.45, 2.75) is 0 Å². The van der Waals surface area contributed by atoms with Gasteiger partial charge in [-0.2, -0.15) is 0 Å². The van der Waals surface area contributed by atoms with Gasteiger partial charge < -0.3 is 20.0 Å². The summed E-state index contributed by atoms with van der Waals surface area (Å²) >= 11 is 0. The topological polar surface area (TPSA) is 77.1 Å². The predicted octanol–water partition coefficient (Wildman–Crippen LogP) is 2.41. The predicted molar refractivity (Wildman–Crippen MR) is 64.8 cm³/mol. The monoisotopic (exact) mass is 229 g/mol. The Hall–Kier alpha value is -2.43. The Morgan fingerprint density at radius 1 is 1.29 bits per heavy atom. The third-order valence-electron chi connectivity index (χ3n) is 2.62. The van der Waals surface area contributed by atoms with Crippen LogP contribution >= 0.6 is 0 Å². The average Bonchev–Trinajstić information content (AvgIpc) is 2.93. The molecule has 0 atom stereocenters. The van der Waals surface area contributed by atoms with Gasteiger partial charge in [0.05, 0.1) is 12.8 Å². The zero-order valence-electron chi connectivity index (χ0n) is 9.23. The van der Waals surface area contributed by atoms with Crippen LogP contribution < -0.4 is 10.5 Å². The first-order chi connectivity index (χ1) is 8.26. The number of rotatable bonds is 2. The number of hydrogen-bond donors (Lipinski definition) is 2. The summed E-state index contributed by atoms with van der Waals surface area (Å²) in [6.07, 6.45) is 0. The second-order valence-electron chi connectivity index (χ2n) is 3.75. The Morgan fingerprint density at radius 2 is 2.18 bits per heavy atom. The van der Waals surface area contributed by atoms with Gasteiger partial charge in [-0.3, -0.25) is 0 Å². The number of ether oxygens (including phenoxy) is 1. The minimum absolute atomic E-state index is 0.372. The van der Waals surface area contributed by atoms with Crippen LogP contribution in [-0.2, 0) is 0 Å². The lowest BCUT2D eigenvalue weighted by Crippen LogP contribution is -1.81. The number of nitrogens with one attached hydrogen (secondary N) is 1. The fraction of sp³-hybridized carbons (Fsp3) is 0.0833. The number of aromatic amines is 1. The summed E-state index contributed by atoms with van der Waals surface area (Å²) in [5.41, 5.74) is 7.34. The van der Waals surface area contributed by atoms with Gasteiger partial charge in [0.1, 0.15) is 5.75 Å². The SMILES string of the molecule is COc1ccc2cc(-c3cc(N)no3)[nH]c2c1. The van der Waals surface area contributed by atoms with E-state index < -0.39 is 0 Å². The molecule has 0 aliphatic rings. The molecule has 0 saturated heterocycles. The van der Waals surface area contributed by atoms with E-state index >= 15 is 0 Å². The average molecular weight is 229 g/mol. The molecule has 0 radical (unpaired) electrons. The Labute approximate surface area is 97.2 Å². The number of nitrogens with zero attached hydrogens (tertiary/aromatic N) is 1. The minimum Gasteiger partial charge on any atom is -0.497 e.